The van der Waals surface area contributed by atoms with Gasteiger partial charge in [0.25, 0.3) is 5.91 Å². The number of halogens is 2. The Morgan fingerprint density at radius 3 is 2.29 bits per heavy atom. The van der Waals surface area contributed by atoms with E-state index in [-0.39, 0.29) is 29.6 Å². The van der Waals surface area contributed by atoms with Crippen molar-refractivity contribution in [2.75, 3.05) is 26.2 Å². The SMILES string of the molecule is O=C(c1cn(Cc2ccc(I)cc2)nn1)N1CCN(S(=O)(=O)c2ccc(Br)cc2)CC1. The van der Waals surface area contributed by atoms with Crippen LogP contribution in [0.3, 0.4) is 0 Å². The summed E-state index contributed by atoms with van der Waals surface area (Å²) in [5.74, 6) is -0.241. The van der Waals surface area contributed by atoms with E-state index in [4.69, 9.17) is 0 Å². The van der Waals surface area contributed by atoms with Crippen LogP contribution in [-0.2, 0) is 16.6 Å². The fourth-order valence-electron chi connectivity index (χ4n) is 3.30. The van der Waals surface area contributed by atoms with E-state index in [1.165, 1.54) is 4.31 Å². The molecule has 1 aliphatic heterocycles. The van der Waals surface area contributed by atoms with Crippen molar-refractivity contribution < 1.29 is 13.2 Å². The summed E-state index contributed by atoms with van der Waals surface area (Å²) in [6.07, 6.45) is 1.63. The highest BCUT2D eigenvalue weighted by atomic mass is 127. The molecular formula is C20H19BrIN5O3S. The normalized spacial score (nSPS) is 15.2. The maximum atomic E-state index is 12.8. The van der Waals surface area contributed by atoms with Gasteiger partial charge in [-0.25, -0.2) is 13.1 Å². The van der Waals surface area contributed by atoms with Gasteiger partial charge in [-0.2, -0.15) is 4.31 Å². The zero-order chi connectivity index (χ0) is 22.0. The molecular weight excluding hydrogens is 597 g/mol. The molecule has 2 heterocycles. The van der Waals surface area contributed by atoms with Crippen LogP contribution in [0.25, 0.3) is 0 Å². The first kappa shape index (κ1) is 22.4. The molecule has 0 N–H and O–H groups in total. The number of amides is 1. The standard InChI is InChI=1S/C20H19BrIN5O3S/c21-16-3-7-18(8-4-16)31(29,30)27-11-9-25(10-12-27)20(28)19-14-26(24-23-19)13-15-1-5-17(22)6-2-15/h1-8,14H,9-13H2. The molecule has 0 aliphatic carbocycles. The second-order valence-corrected chi connectivity index (χ2v) is 11.2. The average molecular weight is 616 g/mol. The molecule has 162 valence electrons. The molecule has 3 aromatic rings. The number of nitrogens with zero attached hydrogens (tertiary/aromatic N) is 5. The Labute approximate surface area is 202 Å². The smallest absolute Gasteiger partial charge is 0.276 e. The van der Waals surface area contributed by atoms with Gasteiger partial charge in [-0.05, 0) is 64.6 Å². The van der Waals surface area contributed by atoms with E-state index in [0.717, 1.165) is 13.6 Å². The zero-order valence-corrected chi connectivity index (χ0v) is 20.9. The molecule has 1 saturated heterocycles. The van der Waals surface area contributed by atoms with Gasteiger partial charge in [0.1, 0.15) is 0 Å². The molecule has 1 aromatic heterocycles. The summed E-state index contributed by atoms with van der Waals surface area (Å²) in [6, 6.07) is 14.6. The summed E-state index contributed by atoms with van der Waals surface area (Å²) in [6.45, 7) is 1.61. The Morgan fingerprint density at radius 1 is 1.00 bits per heavy atom. The monoisotopic (exact) mass is 615 g/mol. The lowest BCUT2D eigenvalue weighted by molar-refractivity contribution is 0.0692. The predicted octanol–water partition coefficient (Wildman–Crippen LogP) is 2.84. The van der Waals surface area contributed by atoms with Gasteiger partial charge in [-0.1, -0.05) is 33.3 Å². The maximum Gasteiger partial charge on any atom is 0.276 e. The van der Waals surface area contributed by atoms with Crippen LogP contribution in [0.15, 0.2) is 64.1 Å². The number of hydrogen-bond acceptors (Lipinski definition) is 5. The van der Waals surface area contributed by atoms with Crippen molar-refractivity contribution in [1.82, 2.24) is 24.2 Å². The van der Waals surface area contributed by atoms with E-state index in [9.17, 15) is 13.2 Å². The van der Waals surface area contributed by atoms with Crippen molar-refractivity contribution >= 4 is 54.5 Å². The third-order valence-corrected chi connectivity index (χ3v) is 8.15. The first-order valence-electron chi connectivity index (χ1n) is 9.52. The van der Waals surface area contributed by atoms with Gasteiger partial charge in [0.15, 0.2) is 5.69 Å². The van der Waals surface area contributed by atoms with Crippen molar-refractivity contribution in [3.8, 4) is 0 Å². The molecule has 1 fully saturated rings. The minimum Gasteiger partial charge on any atom is -0.335 e. The molecule has 0 atom stereocenters. The van der Waals surface area contributed by atoms with E-state index in [1.54, 1.807) is 40.0 Å². The number of rotatable bonds is 5. The second kappa shape index (κ2) is 9.35. The molecule has 31 heavy (non-hydrogen) atoms. The number of hydrogen-bond donors (Lipinski definition) is 0. The van der Waals surface area contributed by atoms with Gasteiger partial charge < -0.3 is 4.90 Å². The molecule has 2 aromatic carbocycles. The van der Waals surface area contributed by atoms with Crippen molar-refractivity contribution in [2.45, 2.75) is 11.4 Å². The Hall–Kier alpha value is -1.83. The summed E-state index contributed by atoms with van der Waals surface area (Å²) in [5, 5.41) is 8.07. The molecule has 0 radical (unpaired) electrons. The number of benzene rings is 2. The topological polar surface area (TPSA) is 88.4 Å². The predicted molar refractivity (Wildman–Crippen MR) is 127 cm³/mol. The van der Waals surface area contributed by atoms with Gasteiger partial charge in [-0.15, -0.1) is 5.10 Å². The lowest BCUT2D eigenvalue weighted by atomic mass is 10.2. The van der Waals surface area contributed by atoms with Gasteiger partial charge in [0.2, 0.25) is 10.0 Å². The fraction of sp³-hybridized carbons (Fsp3) is 0.250. The van der Waals surface area contributed by atoms with Crippen molar-refractivity contribution in [3.63, 3.8) is 0 Å². The minimum atomic E-state index is -3.58. The number of aromatic nitrogens is 3. The van der Waals surface area contributed by atoms with Crippen molar-refractivity contribution in [1.29, 1.82) is 0 Å². The highest BCUT2D eigenvalue weighted by molar-refractivity contribution is 14.1. The third-order valence-electron chi connectivity index (χ3n) is 4.99. The van der Waals surface area contributed by atoms with Crippen molar-refractivity contribution in [2.24, 2.45) is 0 Å². The Balaban J connectivity index is 1.38. The first-order valence-corrected chi connectivity index (χ1v) is 12.8. The third kappa shape index (κ3) is 5.16. The van der Waals surface area contributed by atoms with Gasteiger partial charge in [0.05, 0.1) is 17.6 Å². The number of carbonyl (C=O) groups is 1. The van der Waals surface area contributed by atoms with Gasteiger partial charge in [0, 0.05) is 34.2 Å². The molecule has 11 heteroatoms. The zero-order valence-electron chi connectivity index (χ0n) is 16.4. The Morgan fingerprint density at radius 2 is 1.65 bits per heavy atom. The highest BCUT2D eigenvalue weighted by Gasteiger charge is 2.31. The highest BCUT2D eigenvalue weighted by Crippen LogP contribution is 2.20. The van der Waals surface area contributed by atoms with E-state index in [2.05, 4.69) is 48.8 Å². The van der Waals surface area contributed by atoms with Crippen LogP contribution in [0.1, 0.15) is 16.1 Å². The maximum absolute atomic E-state index is 12.8. The van der Waals surface area contributed by atoms with E-state index in [0.29, 0.717) is 19.6 Å². The Bertz CT molecular complexity index is 1170. The second-order valence-electron chi connectivity index (χ2n) is 7.08. The van der Waals surface area contributed by atoms with Crippen LogP contribution < -0.4 is 0 Å². The summed E-state index contributed by atoms with van der Waals surface area (Å²) in [7, 11) is -3.58. The molecule has 0 bridgehead atoms. The van der Waals surface area contributed by atoms with Gasteiger partial charge >= 0.3 is 0 Å². The average Bonchev–Trinajstić information content (AvgIpc) is 3.24. The van der Waals surface area contributed by atoms with Crippen LogP contribution >= 0.6 is 38.5 Å². The molecule has 1 aliphatic rings. The summed E-state index contributed by atoms with van der Waals surface area (Å²) >= 11 is 5.56. The van der Waals surface area contributed by atoms with Gasteiger partial charge in [-0.3, -0.25) is 4.79 Å². The fourth-order valence-corrected chi connectivity index (χ4v) is 5.35. The van der Waals surface area contributed by atoms with E-state index < -0.39 is 10.0 Å². The number of piperazine rings is 1. The molecule has 8 nitrogen and oxygen atoms in total. The molecule has 0 unspecified atom stereocenters. The van der Waals surface area contributed by atoms with Crippen LogP contribution in [-0.4, -0.2) is 64.7 Å². The first-order chi connectivity index (χ1) is 14.8. The molecule has 0 spiro atoms. The Kier molecular flexibility index (Phi) is 6.74. The molecule has 0 saturated carbocycles. The summed E-state index contributed by atoms with van der Waals surface area (Å²) in [4.78, 5) is 14.7. The number of sulfonamides is 1. The van der Waals surface area contributed by atoms with Crippen LogP contribution in [0, 0.1) is 3.57 Å². The van der Waals surface area contributed by atoms with Crippen LogP contribution in [0.2, 0.25) is 0 Å². The molecule has 1 amide bonds. The number of carbonyl (C=O) groups excluding carboxylic acids is 1. The van der Waals surface area contributed by atoms with Crippen LogP contribution in [0.4, 0.5) is 0 Å². The van der Waals surface area contributed by atoms with Crippen LogP contribution in [0.5, 0.6) is 0 Å². The lowest BCUT2D eigenvalue weighted by Crippen LogP contribution is -2.50. The largest absolute Gasteiger partial charge is 0.335 e. The summed E-state index contributed by atoms with van der Waals surface area (Å²) < 4.78 is 30.7. The van der Waals surface area contributed by atoms with E-state index in [1.807, 2.05) is 24.3 Å². The summed E-state index contributed by atoms with van der Waals surface area (Å²) in [5.41, 5.74) is 1.32. The quantitative estimate of drug-likeness (QED) is 0.412. The lowest BCUT2D eigenvalue weighted by Gasteiger charge is -2.33. The minimum absolute atomic E-state index is 0.237. The van der Waals surface area contributed by atoms with E-state index >= 15 is 0 Å². The van der Waals surface area contributed by atoms with Crippen molar-refractivity contribution in [3.05, 3.63) is 74.0 Å². The molecule has 4 rings (SSSR count).